The van der Waals surface area contributed by atoms with Gasteiger partial charge in [-0.2, -0.15) is 12.7 Å². The van der Waals surface area contributed by atoms with Crippen LogP contribution in [0.2, 0.25) is 0 Å². The summed E-state index contributed by atoms with van der Waals surface area (Å²) in [5.41, 5.74) is 0.297. The van der Waals surface area contributed by atoms with Gasteiger partial charge in [0.2, 0.25) is 5.95 Å². The predicted molar refractivity (Wildman–Crippen MR) is 97.2 cm³/mol. The van der Waals surface area contributed by atoms with Crippen molar-refractivity contribution < 1.29 is 16.8 Å². The fourth-order valence-electron chi connectivity index (χ4n) is 2.55. The van der Waals surface area contributed by atoms with Crippen molar-refractivity contribution >= 4 is 31.9 Å². The number of aromatic nitrogens is 2. The van der Waals surface area contributed by atoms with Crippen molar-refractivity contribution in [1.29, 1.82) is 0 Å². The van der Waals surface area contributed by atoms with Gasteiger partial charge in [0.05, 0.1) is 4.90 Å². The van der Waals surface area contributed by atoms with E-state index >= 15 is 0 Å². The predicted octanol–water partition coefficient (Wildman–Crippen LogP) is 1.42. The average molecular weight is 397 g/mol. The summed E-state index contributed by atoms with van der Waals surface area (Å²) in [6.45, 7) is 0.978. The number of rotatable bonds is 6. The number of piperidine rings is 1. The lowest BCUT2D eigenvalue weighted by atomic mass is 10.2. The molecule has 1 fully saturated rings. The Labute approximate surface area is 152 Å². The second kappa shape index (κ2) is 7.56. The van der Waals surface area contributed by atoms with Gasteiger partial charge in [0.15, 0.2) is 0 Å². The topological polar surface area (TPSA) is 121 Å². The molecule has 2 heterocycles. The normalized spacial score (nSPS) is 16.2. The smallest absolute Gasteiger partial charge is 0.271 e. The quantitative estimate of drug-likeness (QED) is 0.760. The van der Waals surface area contributed by atoms with Gasteiger partial charge in [-0.25, -0.2) is 23.1 Å². The van der Waals surface area contributed by atoms with Crippen LogP contribution < -0.4 is 9.44 Å². The summed E-state index contributed by atoms with van der Waals surface area (Å²) in [7, 11) is -7.49. The Kier molecular flexibility index (Phi) is 5.39. The van der Waals surface area contributed by atoms with Crippen molar-refractivity contribution in [2.24, 2.45) is 0 Å². The second-order valence-corrected chi connectivity index (χ2v) is 9.12. The Balaban J connectivity index is 1.72. The molecule has 140 valence electrons. The number of nitrogens with one attached hydrogen (secondary N) is 2. The molecular weight excluding hydrogens is 378 g/mol. The molecule has 0 spiro atoms. The molecule has 0 saturated carbocycles. The molecule has 1 aliphatic rings. The first-order chi connectivity index (χ1) is 12.4. The third-order valence-electron chi connectivity index (χ3n) is 3.86. The van der Waals surface area contributed by atoms with E-state index in [0.717, 1.165) is 19.3 Å². The Hall–Kier alpha value is -2.24. The molecule has 9 nitrogen and oxygen atoms in total. The minimum Gasteiger partial charge on any atom is -0.271 e. The van der Waals surface area contributed by atoms with Crippen molar-refractivity contribution in [2.75, 3.05) is 22.5 Å². The standard InChI is InChI=1S/C15H19N5O4S2/c21-25(22,19-15-16-9-4-10-17-15)14-7-5-13(6-8-14)18-26(23,24)20-11-2-1-3-12-20/h4-10,18H,1-3,11-12H2,(H,16,17,19). The third kappa shape index (κ3) is 4.48. The minimum absolute atomic E-state index is 0.0223. The van der Waals surface area contributed by atoms with E-state index in [4.69, 9.17) is 0 Å². The van der Waals surface area contributed by atoms with Crippen LogP contribution in [0.15, 0.2) is 47.6 Å². The molecule has 0 atom stereocenters. The molecule has 1 saturated heterocycles. The molecule has 1 aliphatic heterocycles. The van der Waals surface area contributed by atoms with E-state index in [1.165, 1.54) is 41.0 Å². The fraction of sp³-hybridized carbons (Fsp3) is 0.333. The third-order valence-corrected chi connectivity index (χ3v) is 6.74. The minimum atomic E-state index is -3.86. The number of benzene rings is 1. The summed E-state index contributed by atoms with van der Waals surface area (Å²) in [6, 6.07) is 7.02. The summed E-state index contributed by atoms with van der Waals surface area (Å²) in [6.07, 6.45) is 5.54. The Morgan fingerprint density at radius 2 is 1.46 bits per heavy atom. The first kappa shape index (κ1) is 18.5. The highest BCUT2D eigenvalue weighted by atomic mass is 32.2. The van der Waals surface area contributed by atoms with Gasteiger partial charge < -0.3 is 0 Å². The Morgan fingerprint density at radius 1 is 0.846 bits per heavy atom. The molecule has 3 rings (SSSR count). The first-order valence-electron chi connectivity index (χ1n) is 8.05. The highest BCUT2D eigenvalue weighted by Gasteiger charge is 2.24. The fourth-order valence-corrected chi connectivity index (χ4v) is 4.81. The molecule has 1 aromatic heterocycles. The lowest BCUT2D eigenvalue weighted by Gasteiger charge is -2.26. The zero-order chi connectivity index (χ0) is 18.6. The molecule has 26 heavy (non-hydrogen) atoms. The van der Waals surface area contributed by atoms with Crippen LogP contribution in [0.1, 0.15) is 19.3 Å². The molecule has 2 aromatic rings. The summed E-state index contributed by atoms with van der Waals surface area (Å²) in [5.74, 6) is -0.0395. The van der Waals surface area contributed by atoms with E-state index in [2.05, 4.69) is 19.4 Å². The van der Waals surface area contributed by atoms with Gasteiger partial charge in [0, 0.05) is 31.2 Å². The molecule has 0 bridgehead atoms. The van der Waals surface area contributed by atoms with Crippen LogP contribution >= 0.6 is 0 Å². The molecule has 0 unspecified atom stereocenters. The molecule has 0 amide bonds. The maximum Gasteiger partial charge on any atom is 0.301 e. The van der Waals surface area contributed by atoms with Crippen molar-refractivity contribution in [3.05, 3.63) is 42.7 Å². The van der Waals surface area contributed by atoms with E-state index in [-0.39, 0.29) is 10.8 Å². The summed E-state index contributed by atoms with van der Waals surface area (Å²) in [4.78, 5) is 7.59. The molecule has 11 heteroatoms. The van der Waals surface area contributed by atoms with Gasteiger partial charge in [0.1, 0.15) is 0 Å². The van der Waals surface area contributed by atoms with Crippen LogP contribution in [-0.2, 0) is 20.2 Å². The molecular formula is C15H19N5O4S2. The van der Waals surface area contributed by atoms with Crippen LogP contribution in [0, 0.1) is 0 Å². The lowest BCUT2D eigenvalue weighted by molar-refractivity contribution is 0.349. The molecule has 2 N–H and O–H groups in total. The van der Waals surface area contributed by atoms with E-state index in [1.54, 1.807) is 6.07 Å². The monoisotopic (exact) mass is 397 g/mol. The van der Waals surface area contributed by atoms with Crippen LogP contribution in [0.5, 0.6) is 0 Å². The van der Waals surface area contributed by atoms with Gasteiger partial charge in [-0.15, -0.1) is 0 Å². The molecule has 0 radical (unpaired) electrons. The van der Waals surface area contributed by atoms with E-state index in [9.17, 15) is 16.8 Å². The zero-order valence-corrected chi connectivity index (χ0v) is 15.5. The SMILES string of the molecule is O=S(=O)(Nc1ncccn1)c1ccc(NS(=O)(=O)N2CCCCC2)cc1. The number of hydrogen-bond acceptors (Lipinski definition) is 6. The first-order valence-corrected chi connectivity index (χ1v) is 11.0. The van der Waals surface area contributed by atoms with Crippen LogP contribution in [0.3, 0.4) is 0 Å². The van der Waals surface area contributed by atoms with Gasteiger partial charge in [-0.3, -0.25) is 4.72 Å². The maximum absolute atomic E-state index is 12.3. The van der Waals surface area contributed by atoms with Gasteiger partial charge in [0.25, 0.3) is 10.0 Å². The van der Waals surface area contributed by atoms with Gasteiger partial charge >= 0.3 is 10.2 Å². The Morgan fingerprint density at radius 3 is 2.08 bits per heavy atom. The number of nitrogens with zero attached hydrogens (tertiary/aromatic N) is 3. The van der Waals surface area contributed by atoms with E-state index in [0.29, 0.717) is 18.8 Å². The largest absolute Gasteiger partial charge is 0.301 e. The Bertz CT molecular complexity index is 941. The van der Waals surface area contributed by atoms with E-state index < -0.39 is 20.2 Å². The van der Waals surface area contributed by atoms with Gasteiger partial charge in [-0.05, 0) is 43.2 Å². The summed E-state index contributed by atoms with van der Waals surface area (Å²) in [5, 5.41) is 0. The number of anilines is 2. The lowest BCUT2D eigenvalue weighted by Crippen LogP contribution is -2.39. The number of hydrogen-bond donors (Lipinski definition) is 2. The van der Waals surface area contributed by atoms with Crippen molar-refractivity contribution in [3.63, 3.8) is 0 Å². The van der Waals surface area contributed by atoms with Crippen molar-refractivity contribution in [1.82, 2.24) is 14.3 Å². The van der Waals surface area contributed by atoms with E-state index in [1.807, 2.05) is 0 Å². The van der Waals surface area contributed by atoms with Crippen molar-refractivity contribution in [3.8, 4) is 0 Å². The molecule has 1 aromatic carbocycles. The van der Waals surface area contributed by atoms with Crippen LogP contribution in [-0.4, -0.2) is 44.2 Å². The maximum atomic E-state index is 12.3. The average Bonchev–Trinajstić information content (AvgIpc) is 2.63. The highest BCUT2D eigenvalue weighted by molar-refractivity contribution is 7.92. The molecule has 0 aliphatic carbocycles. The number of sulfonamides is 1. The second-order valence-electron chi connectivity index (χ2n) is 5.77. The van der Waals surface area contributed by atoms with Crippen LogP contribution in [0.4, 0.5) is 11.6 Å². The van der Waals surface area contributed by atoms with Gasteiger partial charge in [-0.1, -0.05) is 6.42 Å². The van der Waals surface area contributed by atoms with Crippen molar-refractivity contribution in [2.45, 2.75) is 24.2 Å². The summed E-state index contributed by atoms with van der Waals surface area (Å²) < 4.78 is 55.4. The zero-order valence-electron chi connectivity index (χ0n) is 13.9. The van der Waals surface area contributed by atoms with Crippen LogP contribution in [0.25, 0.3) is 0 Å². The summed E-state index contributed by atoms with van der Waals surface area (Å²) >= 11 is 0. The highest BCUT2D eigenvalue weighted by Crippen LogP contribution is 2.19.